The fourth-order valence-corrected chi connectivity index (χ4v) is 3.84. The number of carboxylic acids is 1. The molecule has 2 aliphatic carbocycles. The summed E-state index contributed by atoms with van der Waals surface area (Å²) in [6.07, 6.45) is 7.65. The van der Waals surface area contributed by atoms with Crippen molar-refractivity contribution in [1.82, 2.24) is 5.32 Å². The fraction of sp³-hybridized carbons (Fsp3) is 0.875. The van der Waals surface area contributed by atoms with Gasteiger partial charge in [0.2, 0.25) is 5.91 Å². The molecule has 20 heavy (non-hydrogen) atoms. The van der Waals surface area contributed by atoms with Crippen LogP contribution in [-0.4, -0.2) is 23.0 Å². The highest BCUT2D eigenvalue weighted by molar-refractivity contribution is 5.85. The van der Waals surface area contributed by atoms with Gasteiger partial charge in [-0.3, -0.25) is 9.59 Å². The third-order valence-electron chi connectivity index (χ3n) is 5.36. The number of aliphatic carboxylic acids is 1. The van der Waals surface area contributed by atoms with E-state index in [1.54, 1.807) is 0 Å². The Bertz CT molecular complexity index is 383. The summed E-state index contributed by atoms with van der Waals surface area (Å²) in [6, 6.07) is 0.199. The standard InChI is InChI=1S/C16H27NO3/c1-15(2)8-6-7-12(15)17-13(18)11-16(14(19)20)9-4-3-5-10-16/h12H,3-11H2,1-2H3,(H,17,18)(H,19,20). The molecule has 0 aromatic rings. The van der Waals surface area contributed by atoms with Gasteiger partial charge in [-0.25, -0.2) is 0 Å². The molecule has 2 aliphatic rings. The molecule has 2 N–H and O–H groups in total. The first kappa shape index (κ1) is 15.3. The molecule has 0 bridgehead atoms. The molecule has 0 saturated heterocycles. The zero-order chi connectivity index (χ0) is 14.8. The van der Waals surface area contributed by atoms with Gasteiger partial charge in [-0.1, -0.05) is 39.5 Å². The predicted octanol–water partition coefficient (Wildman–Crippen LogP) is 3.11. The van der Waals surface area contributed by atoms with Crippen molar-refractivity contribution in [2.24, 2.45) is 10.8 Å². The van der Waals surface area contributed by atoms with Gasteiger partial charge in [-0.15, -0.1) is 0 Å². The van der Waals surface area contributed by atoms with Gasteiger partial charge in [-0.2, -0.15) is 0 Å². The minimum absolute atomic E-state index is 0.0747. The van der Waals surface area contributed by atoms with Crippen LogP contribution in [0.5, 0.6) is 0 Å². The van der Waals surface area contributed by atoms with Gasteiger partial charge in [0.25, 0.3) is 0 Å². The lowest BCUT2D eigenvalue weighted by molar-refractivity contribution is -0.154. The summed E-state index contributed by atoms with van der Waals surface area (Å²) in [5.41, 5.74) is -0.677. The Hall–Kier alpha value is -1.06. The van der Waals surface area contributed by atoms with Crippen LogP contribution in [0.1, 0.15) is 71.6 Å². The molecule has 0 radical (unpaired) electrons. The van der Waals surface area contributed by atoms with E-state index < -0.39 is 11.4 Å². The van der Waals surface area contributed by atoms with E-state index in [1.165, 1.54) is 0 Å². The summed E-state index contributed by atoms with van der Waals surface area (Å²) in [7, 11) is 0. The smallest absolute Gasteiger partial charge is 0.310 e. The maximum Gasteiger partial charge on any atom is 0.310 e. The van der Waals surface area contributed by atoms with Crippen LogP contribution >= 0.6 is 0 Å². The quantitative estimate of drug-likeness (QED) is 0.832. The van der Waals surface area contributed by atoms with Crippen molar-refractivity contribution < 1.29 is 14.7 Å². The molecule has 4 nitrogen and oxygen atoms in total. The van der Waals surface area contributed by atoms with Crippen LogP contribution in [0.2, 0.25) is 0 Å². The maximum absolute atomic E-state index is 12.3. The van der Waals surface area contributed by atoms with Crippen molar-refractivity contribution in [2.75, 3.05) is 0 Å². The van der Waals surface area contributed by atoms with Gasteiger partial charge in [0.1, 0.15) is 0 Å². The molecule has 4 heteroatoms. The van der Waals surface area contributed by atoms with Crippen molar-refractivity contribution in [2.45, 2.75) is 77.7 Å². The van der Waals surface area contributed by atoms with Crippen molar-refractivity contribution >= 4 is 11.9 Å². The van der Waals surface area contributed by atoms with E-state index in [0.29, 0.717) is 12.8 Å². The van der Waals surface area contributed by atoms with Crippen molar-refractivity contribution in [3.05, 3.63) is 0 Å². The number of carbonyl (C=O) groups is 2. The highest BCUT2D eigenvalue weighted by Crippen LogP contribution is 2.41. The molecule has 1 atom stereocenters. The minimum atomic E-state index is -0.814. The lowest BCUT2D eigenvalue weighted by Crippen LogP contribution is -2.45. The Morgan fingerprint density at radius 2 is 1.75 bits per heavy atom. The first-order chi connectivity index (χ1) is 9.36. The number of carboxylic acid groups (broad SMARTS) is 1. The summed E-state index contributed by atoms with van der Waals surface area (Å²) < 4.78 is 0. The molecule has 0 aromatic heterocycles. The van der Waals surface area contributed by atoms with Gasteiger partial charge in [-0.05, 0) is 31.1 Å². The molecule has 0 spiro atoms. The largest absolute Gasteiger partial charge is 0.481 e. The molecular weight excluding hydrogens is 254 g/mol. The SMILES string of the molecule is CC1(C)CCCC1NC(=O)CC1(C(=O)O)CCCCC1. The summed E-state index contributed by atoms with van der Waals surface area (Å²) in [4.78, 5) is 23.9. The van der Waals surface area contributed by atoms with Crippen LogP contribution in [-0.2, 0) is 9.59 Å². The summed E-state index contributed by atoms with van der Waals surface area (Å²) >= 11 is 0. The van der Waals surface area contributed by atoms with E-state index in [0.717, 1.165) is 38.5 Å². The van der Waals surface area contributed by atoms with Gasteiger partial charge < -0.3 is 10.4 Å². The van der Waals surface area contributed by atoms with Crippen LogP contribution in [0.4, 0.5) is 0 Å². The van der Waals surface area contributed by atoms with Gasteiger partial charge in [0.15, 0.2) is 0 Å². The zero-order valence-corrected chi connectivity index (χ0v) is 12.7. The second kappa shape index (κ2) is 5.74. The summed E-state index contributed by atoms with van der Waals surface area (Å²) in [5, 5.41) is 12.6. The first-order valence-electron chi connectivity index (χ1n) is 7.89. The first-order valence-corrected chi connectivity index (χ1v) is 7.89. The van der Waals surface area contributed by atoms with E-state index in [-0.39, 0.29) is 23.8 Å². The summed E-state index contributed by atoms with van der Waals surface area (Å²) in [6.45, 7) is 4.36. The van der Waals surface area contributed by atoms with Gasteiger partial charge in [0, 0.05) is 12.5 Å². The fourth-order valence-electron chi connectivity index (χ4n) is 3.84. The Kier molecular flexibility index (Phi) is 4.40. The lowest BCUT2D eigenvalue weighted by Gasteiger charge is -2.34. The van der Waals surface area contributed by atoms with Crippen LogP contribution in [0.3, 0.4) is 0 Å². The number of hydrogen-bond donors (Lipinski definition) is 2. The van der Waals surface area contributed by atoms with Crippen molar-refractivity contribution in [3.8, 4) is 0 Å². The maximum atomic E-state index is 12.3. The second-order valence-electron chi connectivity index (χ2n) is 7.32. The minimum Gasteiger partial charge on any atom is -0.481 e. The number of rotatable bonds is 4. The predicted molar refractivity (Wildman–Crippen MR) is 77.3 cm³/mol. The van der Waals surface area contributed by atoms with Gasteiger partial charge >= 0.3 is 5.97 Å². The highest BCUT2D eigenvalue weighted by Gasteiger charge is 2.43. The Morgan fingerprint density at radius 3 is 2.25 bits per heavy atom. The molecule has 0 heterocycles. The molecule has 114 valence electrons. The Morgan fingerprint density at radius 1 is 1.10 bits per heavy atom. The molecule has 2 fully saturated rings. The topological polar surface area (TPSA) is 66.4 Å². The van der Waals surface area contributed by atoms with E-state index in [1.807, 2.05) is 0 Å². The van der Waals surface area contributed by atoms with Crippen molar-refractivity contribution in [1.29, 1.82) is 0 Å². The third kappa shape index (κ3) is 3.15. The van der Waals surface area contributed by atoms with Crippen LogP contribution in [0.25, 0.3) is 0 Å². The zero-order valence-electron chi connectivity index (χ0n) is 12.7. The lowest BCUT2D eigenvalue weighted by atomic mass is 9.71. The van der Waals surface area contributed by atoms with E-state index in [2.05, 4.69) is 19.2 Å². The third-order valence-corrected chi connectivity index (χ3v) is 5.36. The highest BCUT2D eigenvalue weighted by atomic mass is 16.4. The molecule has 1 unspecified atom stereocenters. The molecule has 2 saturated carbocycles. The number of carbonyl (C=O) groups excluding carboxylic acids is 1. The number of hydrogen-bond acceptors (Lipinski definition) is 2. The molecular formula is C16H27NO3. The molecule has 1 amide bonds. The molecule has 0 aliphatic heterocycles. The van der Waals surface area contributed by atoms with Crippen molar-refractivity contribution in [3.63, 3.8) is 0 Å². The van der Waals surface area contributed by atoms with Crippen LogP contribution in [0, 0.1) is 10.8 Å². The van der Waals surface area contributed by atoms with Crippen LogP contribution in [0.15, 0.2) is 0 Å². The monoisotopic (exact) mass is 281 g/mol. The normalized spacial score (nSPS) is 28.0. The Balaban J connectivity index is 1.97. The summed E-state index contributed by atoms with van der Waals surface area (Å²) in [5.74, 6) is -0.868. The van der Waals surface area contributed by atoms with Gasteiger partial charge in [0.05, 0.1) is 5.41 Å². The molecule has 0 aromatic carbocycles. The van der Waals surface area contributed by atoms with Crippen LogP contribution < -0.4 is 5.32 Å². The Labute approximate surface area is 121 Å². The average molecular weight is 281 g/mol. The van der Waals surface area contributed by atoms with E-state index in [4.69, 9.17) is 0 Å². The number of nitrogens with one attached hydrogen (secondary N) is 1. The second-order valence-corrected chi connectivity index (χ2v) is 7.32. The van der Waals surface area contributed by atoms with E-state index >= 15 is 0 Å². The number of amides is 1. The average Bonchev–Trinajstić information content (AvgIpc) is 2.69. The molecule has 2 rings (SSSR count). The van der Waals surface area contributed by atoms with E-state index in [9.17, 15) is 14.7 Å².